The lowest BCUT2D eigenvalue weighted by atomic mass is 10.1. The third-order valence-electron chi connectivity index (χ3n) is 2.33. The Hall–Kier alpha value is -1.30. The largest absolute Gasteiger partial charge is 0.480 e. The highest BCUT2D eigenvalue weighted by atomic mass is 16.6. The fourth-order valence-corrected chi connectivity index (χ4v) is 1.66. The van der Waals surface area contributed by atoms with Gasteiger partial charge in [0.1, 0.15) is 11.6 Å². The Bertz CT molecular complexity index is 298. The highest BCUT2D eigenvalue weighted by Crippen LogP contribution is 2.20. The number of aliphatic carboxylic acids is 1. The van der Waals surface area contributed by atoms with Gasteiger partial charge in [0.05, 0.1) is 0 Å². The Kier molecular flexibility index (Phi) is 3.42. The number of likely N-dealkylation sites (tertiary alicyclic amines) is 1. The molecule has 0 radical (unpaired) electrons. The van der Waals surface area contributed by atoms with Crippen LogP contribution in [-0.2, 0) is 9.53 Å². The van der Waals surface area contributed by atoms with Crippen LogP contribution in [0.25, 0.3) is 0 Å². The highest BCUT2D eigenvalue weighted by Gasteiger charge is 2.41. The van der Waals surface area contributed by atoms with Crippen LogP contribution in [0.15, 0.2) is 0 Å². The summed E-state index contributed by atoms with van der Waals surface area (Å²) in [5.74, 6) is -1.09. The monoisotopic (exact) mass is 230 g/mol. The van der Waals surface area contributed by atoms with E-state index in [2.05, 4.69) is 0 Å². The molecule has 1 heterocycles. The fraction of sp³-hybridized carbons (Fsp3) is 0.800. The molecule has 16 heavy (non-hydrogen) atoms. The summed E-state index contributed by atoms with van der Waals surface area (Å²) in [4.78, 5) is 23.8. The number of nitrogens with two attached hydrogens (primary N) is 1. The van der Waals surface area contributed by atoms with Gasteiger partial charge in [-0.3, -0.25) is 4.90 Å². The van der Waals surface area contributed by atoms with E-state index in [9.17, 15) is 9.59 Å². The molecular weight excluding hydrogens is 212 g/mol. The van der Waals surface area contributed by atoms with Gasteiger partial charge in [-0.2, -0.15) is 0 Å². The van der Waals surface area contributed by atoms with E-state index >= 15 is 0 Å². The van der Waals surface area contributed by atoms with Gasteiger partial charge in [0.25, 0.3) is 0 Å². The fourth-order valence-electron chi connectivity index (χ4n) is 1.66. The van der Waals surface area contributed by atoms with Crippen molar-refractivity contribution in [1.29, 1.82) is 0 Å². The van der Waals surface area contributed by atoms with Crippen molar-refractivity contribution in [3.63, 3.8) is 0 Å². The van der Waals surface area contributed by atoms with Crippen molar-refractivity contribution in [2.24, 2.45) is 5.73 Å². The smallest absolute Gasteiger partial charge is 0.411 e. The summed E-state index contributed by atoms with van der Waals surface area (Å²) in [7, 11) is 0. The van der Waals surface area contributed by atoms with Crippen LogP contribution in [0.2, 0.25) is 0 Å². The molecule has 1 aliphatic heterocycles. The Balaban J connectivity index is 2.73. The predicted molar refractivity (Wildman–Crippen MR) is 57.0 cm³/mol. The van der Waals surface area contributed by atoms with E-state index in [4.69, 9.17) is 15.6 Å². The first-order valence-electron chi connectivity index (χ1n) is 5.20. The van der Waals surface area contributed by atoms with Gasteiger partial charge in [-0.05, 0) is 27.2 Å². The van der Waals surface area contributed by atoms with Crippen molar-refractivity contribution < 1.29 is 19.4 Å². The number of ether oxygens (including phenoxy) is 1. The number of amides is 1. The predicted octanol–water partition coefficient (Wildman–Crippen LogP) is 0.408. The van der Waals surface area contributed by atoms with Crippen LogP contribution in [-0.4, -0.2) is 46.3 Å². The third kappa shape index (κ3) is 2.85. The molecule has 92 valence electrons. The molecule has 1 fully saturated rings. The van der Waals surface area contributed by atoms with E-state index in [0.717, 1.165) is 0 Å². The first kappa shape index (κ1) is 12.8. The van der Waals surface area contributed by atoms with E-state index in [1.165, 1.54) is 4.90 Å². The van der Waals surface area contributed by atoms with E-state index in [1.54, 1.807) is 20.8 Å². The topological polar surface area (TPSA) is 92.9 Å². The van der Waals surface area contributed by atoms with E-state index in [-0.39, 0.29) is 0 Å². The van der Waals surface area contributed by atoms with Crippen LogP contribution in [0.3, 0.4) is 0 Å². The minimum absolute atomic E-state index is 0.326. The van der Waals surface area contributed by atoms with Crippen LogP contribution in [0.4, 0.5) is 4.79 Å². The van der Waals surface area contributed by atoms with Gasteiger partial charge >= 0.3 is 12.1 Å². The summed E-state index contributed by atoms with van der Waals surface area (Å²) in [5.41, 5.74) is 5.01. The summed E-state index contributed by atoms with van der Waals surface area (Å²) < 4.78 is 5.12. The lowest BCUT2D eigenvalue weighted by Gasteiger charge is -2.27. The number of carbonyl (C=O) groups excluding carboxylic acids is 1. The SMILES string of the molecule is CC(C)(C)OC(=O)N1CC[C@@H](N)[C@@H]1C(=O)O. The van der Waals surface area contributed by atoms with Crippen molar-refractivity contribution in [1.82, 2.24) is 4.90 Å². The van der Waals surface area contributed by atoms with Crippen LogP contribution in [0.5, 0.6) is 0 Å². The minimum atomic E-state index is -1.09. The van der Waals surface area contributed by atoms with Gasteiger partial charge in [0, 0.05) is 12.6 Å². The summed E-state index contributed by atoms with van der Waals surface area (Å²) in [6.07, 6.45) is -0.135. The maximum Gasteiger partial charge on any atom is 0.411 e. The molecule has 6 heteroatoms. The van der Waals surface area contributed by atoms with Gasteiger partial charge in [0.2, 0.25) is 0 Å². The standard InChI is InChI=1S/C10H18N2O4/c1-10(2,3)16-9(15)12-5-4-6(11)7(12)8(13)14/h6-7H,4-5,11H2,1-3H3,(H,13,14)/t6-,7-/m1/s1. The quantitative estimate of drug-likeness (QED) is 0.680. The molecule has 1 amide bonds. The van der Waals surface area contributed by atoms with E-state index in [0.29, 0.717) is 13.0 Å². The zero-order valence-electron chi connectivity index (χ0n) is 9.77. The zero-order chi connectivity index (χ0) is 12.5. The van der Waals surface area contributed by atoms with Gasteiger partial charge in [0.15, 0.2) is 0 Å². The second kappa shape index (κ2) is 4.29. The first-order valence-corrected chi connectivity index (χ1v) is 5.20. The van der Waals surface area contributed by atoms with Crippen molar-refractivity contribution in [3.8, 4) is 0 Å². The second-order valence-electron chi connectivity index (χ2n) is 4.91. The van der Waals surface area contributed by atoms with Crippen LogP contribution >= 0.6 is 0 Å². The second-order valence-corrected chi connectivity index (χ2v) is 4.91. The molecule has 0 aliphatic carbocycles. The number of carboxylic acids is 1. The number of nitrogens with zero attached hydrogens (tertiary/aromatic N) is 1. The van der Waals surface area contributed by atoms with Crippen molar-refractivity contribution in [2.45, 2.75) is 44.9 Å². The lowest BCUT2D eigenvalue weighted by Crippen LogP contribution is -2.49. The summed E-state index contributed by atoms with van der Waals surface area (Å²) in [6.45, 7) is 5.52. The third-order valence-corrected chi connectivity index (χ3v) is 2.33. The summed E-state index contributed by atoms with van der Waals surface area (Å²) in [6, 6.07) is -1.50. The first-order chi connectivity index (χ1) is 7.22. The molecule has 2 atom stereocenters. The Morgan fingerprint density at radius 1 is 1.44 bits per heavy atom. The molecule has 3 N–H and O–H groups in total. The molecule has 0 bridgehead atoms. The number of carboxylic acid groups (broad SMARTS) is 1. The van der Waals surface area contributed by atoms with Crippen LogP contribution in [0, 0.1) is 0 Å². The molecule has 0 saturated carbocycles. The normalized spacial score (nSPS) is 25.6. The van der Waals surface area contributed by atoms with Gasteiger partial charge < -0.3 is 15.6 Å². The van der Waals surface area contributed by atoms with Gasteiger partial charge in [-0.15, -0.1) is 0 Å². The molecule has 1 saturated heterocycles. The number of hydrogen-bond donors (Lipinski definition) is 2. The molecule has 0 aromatic rings. The Morgan fingerprint density at radius 2 is 2.00 bits per heavy atom. The highest BCUT2D eigenvalue weighted by molar-refractivity contribution is 5.81. The maximum absolute atomic E-state index is 11.7. The number of rotatable bonds is 1. The molecule has 0 aromatic carbocycles. The lowest BCUT2D eigenvalue weighted by molar-refractivity contribution is -0.142. The minimum Gasteiger partial charge on any atom is -0.480 e. The number of hydrogen-bond acceptors (Lipinski definition) is 4. The number of carbonyl (C=O) groups is 2. The molecular formula is C10H18N2O4. The molecule has 0 unspecified atom stereocenters. The van der Waals surface area contributed by atoms with Crippen LogP contribution < -0.4 is 5.73 Å². The molecule has 6 nitrogen and oxygen atoms in total. The van der Waals surface area contributed by atoms with Crippen molar-refractivity contribution in [2.75, 3.05) is 6.54 Å². The van der Waals surface area contributed by atoms with Gasteiger partial charge in [-0.25, -0.2) is 9.59 Å². The molecule has 1 aliphatic rings. The van der Waals surface area contributed by atoms with E-state index in [1.807, 2.05) is 0 Å². The summed E-state index contributed by atoms with van der Waals surface area (Å²) in [5, 5.41) is 8.97. The average molecular weight is 230 g/mol. The molecule has 0 spiro atoms. The van der Waals surface area contributed by atoms with E-state index < -0.39 is 29.7 Å². The zero-order valence-corrected chi connectivity index (χ0v) is 9.77. The van der Waals surface area contributed by atoms with Crippen LogP contribution in [0.1, 0.15) is 27.2 Å². The van der Waals surface area contributed by atoms with Crippen molar-refractivity contribution >= 4 is 12.1 Å². The summed E-state index contributed by atoms with van der Waals surface area (Å²) >= 11 is 0. The molecule has 0 aromatic heterocycles. The molecule has 1 rings (SSSR count). The van der Waals surface area contributed by atoms with Crippen molar-refractivity contribution in [3.05, 3.63) is 0 Å². The maximum atomic E-state index is 11.7. The van der Waals surface area contributed by atoms with Gasteiger partial charge in [-0.1, -0.05) is 0 Å². The Morgan fingerprint density at radius 3 is 2.44 bits per heavy atom. The Labute approximate surface area is 94.3 Å². The average Bonchev–Trinajstić information content (AvgIpc) is 2.43.